The Morgan fingerprint density at radius 1 is 1.21 bits per heavy atom. The van der Waals surface area contributed by atoms with E-state index in [0.29, 0.717) is 24.5 Å². The summed E-state index contributed by atoms with van der Waals surface area (Å²) < 4.78 is 2.13. The van der Waals surface area contributed by atoms with Crippen LogP contribution in [0.25, 0.3) is 11.0 Å². The standard InChI is InChI=1S/C23H21ClN4O/c24-16-8-9-20-18(14-16)26-21(27(20)13-4-3-12-25)15-28-19-7-2-1-6-17(19)23(22(28)29)10-5-11-23/h1-2,6-9,14H,3-5,10-11,13,15H2. The molecule has 1 spiro atoms. The number of fused-ring (bicyclic) bond motifs is 3. The van der Waals surface area contributed by atoms with Crippen LogP contribution in [-0.2, 0) is 23.3 Å². The number of hydrogen-bond acceptors (Lipinski definition) is 3. The fourth-order valence-electron chi connectivity index (χ4n) is 4.75. The van der Waals surface area contributed by atoms with Crippen LogP contribution in [0.5, 0.6) is 0 Å². The molecule has 1 aromatic heterocycles. The fraction of sp³-hybridized carbons (Fsp3) is 0.348. The first-order valence-corrected chi connectivity index (χ1v) is 10.4. The number of aryl methyl sites for hydroxylation is 1. The summed E-state index contributed by atoms with van der Waals surface area (Å²) in [6.45, 7) is 1.12. The van der Waals surface area contributed by atoms with Crippen LogP contribution in [-0.4, -0.2) is 15.5 Å². The Balaban J connectivity index is 1.56. The van der Waals surface area contributed by atoms with E-state index in [2.05, 4.69) is 16.7 Å². The average molecular weight is 405 g/mol. The van der Waals surface area contributed by atoms with Gasteiger partial charge in [0, 0.05) is 23.7 Å². The van der Waals surface area contributed by atoms with E-state index < -0.39 is 0 Å². The zero-order chi connectivity index (χ0) is 20.0. The van der Waals surface area contributed by atoms with Crippen molar-refractivity contribution in [2.45, 2.75) is 50.6 Å². The van der Waals surface area contributed by atoms with Crippen molar-refractivity contribution < 1.29 is 4.79 Å². The lowest BCUT2D eigenvalue weighted by atomic mass is 9.65. The number of anilines is 1. The lowest BCUT2D eigenvalue weighted by Crippen LogP contribution is -2.45. The number of imidazole rings is 1. The average Bonchev–Trinajstić information content (AvgIpc) is 3.14. The van der Waals surface area contributed by atoms with E-state index in [-0.39, 0.29) is 11.3 Å². The summed E-state index contributed by atoms with van der Waals surface area (Å²) in [7, 11) is 0. The van der Waals surface area contributed by atoms with Crippen molar-refractivity contribution >= 4 is 34.2 Å². The van der Waals surface area contributed by atoms with Gasteiger partial charge in [0.05, 0.1) is 29.1 Å². The Bertz CT molecular complexity index is 1160. The minimum Gasteiger partial charge on any atom is -0.326 e. The maximum atomic E-state index is 13.4. The Morgan fingerprint density at radius 3 is 2.79 bits per heavy atom. The van der Waals surface area contributed by atoms with Gasteiger partial charge < -0.3 is 9.47 Å². The van der Waals surface area contributed by atoms with E-state index in [1.54, 1.807) is 0 Å². The van der Waals surface area contributed by atoms with Crippen molar-refractivity contribution in [3.8, 4) is 6.07 Å². The van der Waals surface area contributed by atoms with Crippen molar-refractivity contribution in [2.75, 3.05) is 4.90 Å². The van der Waals surface area contributed by atoms with Gasteiger partial charge in [-0.25, -0.2) is 4.98 Å². The highest BCUT2D eigenvalue weighted by Crippen LogP contribution is 2.53. The number of amides is 1. The normalized spacial score (nSPS) is 16.8. The molecule has 2 aliphatic rings. The van der Waals surface area contributed by atoms with E-state index in [1.165, 1.54) is 0 Å². The van der Waals surface area contributed by atoms with Gasteiger partial charge in [-0.2, -0.15) is 5.26 Å². The number of halogens is 1. The van der Waals surface area contributed by atoms with Crippen LogP contribution in [0.15, 0.2) is 42.5 Å². The van der Waals surface area contributed by atoms with Gasteiger partial charge in [0.15, 0.2) is 0 Å². The quantitative estimate of drug-likeness (QED) is 0.564. The van der Waals surface area contributed by atoms with Crippen molar-refractivity contribution in [1.29, 1.82) is 5.26 Å². The zero-order valence-electron chi connectivity index (χ0n) is 16.1. The molecular weight excluding hydrogens is 384 g/mol. The molecule has 3 aromatic rings. The maximum Gasteiger partial charge on any atom is 0.238 e. The number of benzene rings is 2. The molecule has 1 fully saturated rings. The summed E-state index contributed by atoms with van der Waals surface area (Å²) in [6, 6.07) is 16.0. The van der Waals surface area contributed by atoms with Gasteiger partial charge in [-0.3, -0.25) is 4.79 Å². The SMILES string of the molecule is N#CCCCn1c(CN2C(=O)C3(CCC3)c3ccccc32)nc2cc(Cl)ccc21. The molecule has 0 radical (unpaired) electrons. The number of unbranched alkanes of at least 4 members (excludes halogenated alkanes) is 1. The minimum atomic E-state index is -0.336. The molecule has 6 heteroatoms. The van der Waals surface area contributed by atoms with E-state index in [4.69, 9.17) is 21.8 Å². The van der Waals surface area contributed by atoms with Crippen LogP contribution in [0.4, 0.5) is 5.69 Å². The first-order chi connectivity index (χ1) is 14.1. The second-order valence-corrected chi connectivity index (χ2v) is 8.35. The molecule has 5 rings (SSSR count). The van der Waals surface area contributed by atoms with Gasteiger partial charge in [0.25, 0.3) is 0 Å². The molecule has 2 aromatic carbocycles. The van der Waals surface area contributed by atoms with Crippen LogP contribution in [0.3, 0.4) is 0 Å². The first-order valence-electron chi connectivity index (χ1n) is 10.1. The number of nitrogens with zero attached hydrogens (tertiary/aromatic N) is 4. The molecule has 0 saturated heterocycles. The summed E-state index contributed by atoms with van der Waals surface area (Å²) in [6.07, 6.45) is 4.17. The Labute approximate surface area is 174 Å². The molecule has 0 unspecified atom stereocenters. The molecule has 146 valence electrons. The van der Waals surface area contributed by atoms with Gasteiger partial charge in [-0.15, -0.1) is 0 Å². The zero-order valence-corrected chi connectivity index (χ0v) is 16.8. The predicted octanol–water partition coefficient (Wildman–Crippen LogP) is 4.96. The molecule has 0 atom stereocenters. The second kappa shape index (κ2) is 6.89. The summed E-state index contributed by atoms with van der Waals surface area (Å²) >= 11 is 6.17. The number of aromatic nitrogens is 2. The third kappa shape index (κ3) is 2.74. The van der Waals surface area contributed by atoms with Crippen LogP contribution >= 0.6 is 11.6 Å². The Morgan fingerprint density at radius 2 is 2.03 bits per heavy atom. The number of hydrogen-bond donors (Lipinski definition) is 0. The van der Waals surface area contributed by atoms with Gasteiger partial charge >= 0.3 is 0 Å². The van der Waals surface area contributed by atoms with Crippen LogP contribution < -0.4 is 4.90 Å². The molecule has 1 saturated carbocycles. The maximum absolute atomic E-state index is 13.4. The molecule has 2 heterocycles. The van der Waals surface area contributed by atoms with E-state index in [1.807, 2.05) is 41.3 Å². The van der Waals surface area contributed by atoms with Crippen LogP contribution in [0.2, 0.25) is 5.02 Å². The smallest absolute Gasteiger partial charge is 0.238 e. The highest BCUT2D eigenvalue weighted by molar-refractivity contribution is 6.31. The second-order valence-electron chi connectivity index (χ2n) is 7.92. The van der Waals surface area contributed by atoms with Crippen molar-refractivity contribution in [1.82, 2.24) is 9.55 Å². The fourth-order valence-corrected chi connectivity index (χ4v) is 4.91. The van der Waals surface area contributed by atoms with Crippen molar-refractivity contribution in [2.24, 2.45) is 0 Å². The lowest BCUT2D eigenvalue weighted by Gasteiger charge is -2.37. The predicted molar refractivity (Wildman–Crippen MR) is 113 cm³/mol. The Kier molecular flexibility index (Phi) is 4.33. The Hall–Kier alpha value is -2.84. The van der Waals surface area contributed by atoms with Crippen LogP contribution in [0.1, 0.15) is 43.5 Å². The molecule has 1 aliphatic carbocycles. The largest absolute Gasteiger partial charge is 0.326 e. The molecule has 0 bridgehead atoms. The first kappa shape index (κ1) is 18.2. The van der Waals surface area contributed by atoms with Gasteiger partial charge in [-0.1, -0.05) is 36.2 Å². The summed E-state index contributed by atoms with van der Waals surface area (Å²) in [5.74, 6) is 1.03. The van der Waals surface area contributed by atoms with Gasteiger partial charge in [-0.05, 0) is 49.1 Å². The van der Waals surface area contributed by atoms with Gasteiger partial charge in [0.1, 0.15) is 5.82 Å². The van der Waals surface area contributed by atoms with E-state index in [0.717, 1.165) is 53.8 Å². The molecule has 0 N–H and O–H groups in total. The van der Waals surface area contributed by atoms with E-state index >= 15 is 0 Å². The number of carbonyl (C=O) groups excluding carboxylic acids is 1. The summed E-state index contributed by atoms with van der Waals surface area (Å²) in [4.78, 5) is 20.2. The van der Waals surface area contributed by atoms with Gasteiger partial charge in [0.2, 0.25) is 5.91 Å². The highest BCUT2D eigenvalue weighted by Gasteiger charge is 2.54. The summed E-state index contributed by atoms with van der Waals surface area (Å²) in [5, 5.41) is 9.57. The monoisotopic (exact) mass is 404 g/mol. The molecule has 5 nitrogen and oxygen atoms in total. The number of para-hydroxylation sites is 1. The third-order valence-corrected chi connectivity index (χ3v) is 6.57. The highest BCUT2D eigenvalue weighted by atomic mass is 35.5. The summed E-state index contributed by atoms with van der Waals surface area (Å²) in [5.41, 5.74) is 3.64. The molecular formula is C23H21ClN4O. The number of carbonyl (C=O) groups is 1. The van der Waals surface area contributed by atoms with Crippen molar-refractivity contribution in [3.63, 3.8) is 0 Å². The number of rotatable bonds is 5. The van der Waals surface area contributed by atoms with E-state index in [9.17, 15) is 4.79 Å². The molecule has 1 aliphatic heterocycles. The molecule has 1 amide bonds. The third-order valence-electron chi connectivity index (χ3n) is 6.33. The lowest BCUT2D eigenvalue weighted by molar-refractivity contribution is -0.126. The van der Waals surface area contributed by atoms with Crippen molar-refractivity contribution in [3.05, 3.63) is 58.9 Å². The molecule has 29 heavy (non-hydrogen) atoms. The topological polar surface area (TPSA) is 61.9 Å². The number of nitriles is 1. The minimum absolute atomic E-state index is 0.193. The van der Waals surface area contributed by atoms with Crippen LogP contribution in [0, 0.1) is 11.3 Å².